The van der Waals surface area contributed by atoms with Gasteiger partial charge in [-0.05, 0) is 213 Å². The molecule has 1 saturated heterocycles. The van der Waals surface area contributed by atoms with E-state index in [4.69, 9.17) is 23.8 Å². The number of amides is 2. The van der Waals surface area contributed by atoms with Gasteiger partial charge < -0.3 is 45.4 Å². The average Bonchev–Trinajstić information content (AvgIpc) is 1.70. The molecular weight excluding hydrogens is 1380 g/mol. The number of imidazole rings is 3. The van der Waals surface area contributed by atoms with E-state index in [1.54, 1.807) is 18.6 Å². The van der Waals surface area contributed by atoms with Crippen molar-refractivity contribution in [2.75, 3.05) is 16.0 Å². The van der Waals surface area contributed by atoms with Crippen molar-refractivity contribution in [3.63, 3.8) is 0 Å². The van der Waals surface area contributed by atoms with Gasteiger partial charge in [0.2, 0.25) is 0 Å². The number of thiol groups is 1. The molecule has 25 heteroatoms. The first-order valence-corrected chi connectivity index (χ1v) is 35.5. The third-order valence-corrected chi connectivity index (χ3v) is 19.7. The number of carbonyl (C=O) groups excluding carboxylic acids is 2. The molecule has 1 radical (unpaired) electrons. The number of nitrogens with zero attached hydrogens (tertiary/aromatic N) is 10. The molecule has 523 valence electrons. The Morgan fingerprint density at radius 1 is 0.534 bits per heavy atom. The van der Waals surface area contributed by atoms with Crippen LogP contribution in [0.1, 0.15) is 119 Å². The maximum absolute atomic E-state index is 12.5. The van der Waals surface area contributed by atoms with Crippen molar-refractivity contribution >= 4 is 95.7 Å². The predicted molar refractivity (Wildman–Crippen MR) is 412 cm³/mol. The standard InChI is InChI=1S/C29H29N5O2.C21H32BNO4.C14H9BrN4.C14H10N4.BHNS/c1-28(2,3)36-27(35)33-29(15-7-16-29)20-13-11-19(12-14-20)24-18-31-26-21-8-4-5-9-22(21)32-25-23(34(24)26)10-6-17-30-25;1-18(2,3)25-17(24)23-21(13-8-14-21)15-9-11-16(12-10-15)22-26-19(4,5)20(6,7)27-22;15-12-8-17-14-9-4-1-2-5-10(9)18-13-11(19(12)14)6-3-7-16-13;1-2-5-11-10(4-1)14-16-8-9-18(14)12-6-3-7-15-13(12)17-11;1-2-3/h4-6,8-14,17-18H,7,15-16H2,1-3H3,(H,30,32)(H,33,35);9-12H,8,13-14H2,1-7H3,(H,23,24);1-8H,(H,16,18);1-9H,(H,15,17);3H. The molecule has 2 saturated carbocycles. The number of rotatable bonds is 6. The van der Waals surface area contributed by atoms with Crippen molar-refractivity contribution in [1.82, 2.24) is 54.2 Å². The molecule has 10 heterocycles. The van der Waals surface area contributed by atoms with E-state index >= 15 is 0 Å². The van der Waals surface area contributed by atoms with Gasteiger partial charge in [-0.2, -0.15) is 0 Å². The summed E-state index contributed by atoms with van der Waals surface area (Å²) in [5.74, 6) is 5.17. The smallest absolute Gasteiger partial charge is 0.154 e. The van der Waals surface area contributed by atoms with Crippen molar-refractivity contribution in [3.8, 4) is 62.5 Å². The van der Waals surface area contributed by atoms with Crippen molar-refractivity contribution < 1.29 is 28.4 Å². The number of benzene rings is 5. The predicted octanol–water partition coefficient (Wildman–Crippen LogP) is 17.4. The SMILES string of the molecule is Brc1cnc2n1-c1cccnc1Nc1ccccc1-2.CC(C)(C)OC(=O)NC1(c2ccc(-c3cnc4n3-c3cccnc3Nc3ccccc3-4)cc2)CCC1.CC(C)(C)OC(=O)NC1(c2ccc(B3OC(C)(C)C(C)(C)O3)cc2)CCC1.[B]=NS.c1ccc2c(c1)Nc1ncccc1-n1ccnc1-2. The molecule has 5 aromatic carbocycles. The van der Waals surface area contributed by atoms with E-state index in [1.165, 1.54) is 0 Å². The zero-order chi connectivity index (χ0) is 72.5. The Balaban J connectivity index is 0.000000125. The third-order valence-electron chi connectivity index (χ3n) is 19.1. The van der Waals surface area contributed by atoms with E-state index in [9.17, 15) is 9.59 Å². The van der Waals surface area contributed by atoms with Crippen LogP contribution in [0.4, 0.5) is 44.1 Å². The Labute approximate surface area is 615 Å². The van der Waals surface area contributed by atoms with Gasteiger partial charge in [-0.3, -0.25) is 13.7 Å². The van der Waals surface area contributed by atoms with E-state index < -0.39 is 11.2 Å². The minimum Gasteiger partial charge on any atom is -0.338 e. The van der Waals surface area contributed by atoms with E-state index in [-0.39, 0.29) is 41.6 Å². The van der Waals surface area contributed by atoms with Crippen LogP contribution in [0.15, 0.2) is 210 Å². The van der Waals surface area contributed by atoms with Crippen LogP contribution in [0.3, 0.4) is 0 Å². The van der Waals surface area contributed by atoms with Crippen molar-refractivity contribution in [1.29, 1.82) is 0 Å². The summed E-state index contributed by atoms with van der Waals surface area (Å²) in [5, 5.41) is 16.4. The van der Waals surface area contributed by atoms with Gasteiger partial charge in [-0.1, -0.05) is 84.9 Å². The summed E-state index contributed by atoms with van der Waals surface area (Å²) in [7, 11) is 3.96. The summed E-state index contributed by atoms with van der Waals surface area (Å²) < 4.78 is 33.1. The van der Waals surface area contributed by atoms with Crippen LogP contribution in [0.2, 0.25) is 0 Å². The van der Waals surface area contributed by atoms with Crippen LogP contribution in [0.25, 0.3) is 62.5 Å². The third kappa shape index (κ3) is 14.9. The Morgan fingerprint density at radius 3 is 1.40 bits per heavy atom. The molecule has 6 aliphatic rings. The molecule has 103 heavy (non-hydrogen) atoms. The number of fused-ring (bicyclic) bond motifs is 15. The van der Waals surface area contributed by atoms with Gasteiger partial charge in [-0.25, -0.2) is 39.5 Å². The molecule has 0 spiro atoms. The molecule has 6 aromatic heterocycles. The number of carbonyl (C=O) groups is 2. The molecule has 4 aliphatic heterocycles. The molecule has 2 aliphatic carbocycles. The number of anilines is 6. The molecule has 17 rings (SSSR count). The van der Waals surface area contributed by atoms with E-state index in [0.717, 1.165) is 157 Å². The summed E-state index contributed by atoms with van der Waals surface area (Å²) in [6, 6.07) is 52.9. The second-order valence-corrected chi connectivity index (χ2v) is 29.9. The number of pyridine rings is 3. The normalized spacial score (nSPS) is 15.7. The van der Waals surface area contributed by atoms with Crippen LogP contribution < -0.4 is 32.0 Å². The van der Waals surface area contributed by atoms with Crippen molar-refractivity contribution in [2.45, 2.75) is 141 Å². The minimum atomic E-state index is -0.530. The number of nitrogens with one attached hydrogen (secondary N) is 5. The zero-order valence-corrected chi connectivity index (χ0v) is 61.7. The van der Waals surface area contributed by atoms with Crippen LogP contribution >= 0.6 is 28.7 Å². The molecule has 2 amide bonds. The maximum Gasteiger partial charge on any atom is 0.154 e. The number of para-hydroxylation sites is 3. The fraction of sp³-hybridized carbons (Fsp3) is 0.282. The summed E-state index contributed by atoms with van der Waals surface area (Å²) in [4.78, 5) is 52.0. The topological polar surface area (TPSA) is 236 Å². The van der Waals surface area contributed by atoms with Gasteiger partial charge >= 0.3 is 44.1 Å². The average molecular weight is 1460 g/mol. The van der Waals surface area contributed by atoms with Crippen LogP contribution in [-0.2, 0) is 29.9 Å². The van der Waals surface area contributed by atoms with Gasteiger partial charge in [0, 0.05) is 53.2 Å². The van der Waals surface area contributed by atoms with Gasteiger partial charge in [0.25, 0.3) is 0 Å². The number of alkyl carbamates (subject to hydrolysis) is 2. The fourth-order valence-corrected chi connectivity index (χ4v) is 13.6. The number of ether oxygens (including phenoxy) is 2. The molecular formula is C78H81B2BrN15O6S. The van der Waals surface area contributed by atoms with Crippen molar-refractivity contribution in [2.24, 2.45) is 4.30 Å². The monoisotopic (exact) mass is 1460 g/mol. The quantitative estimate of drug-likeness (QED) is 0.0671. The molecule has 21 nitrogen and oxygen atoms in total. The largest absolute Gasteiger partial charge is 0.338 e. The van der Waals surface area contributed by atoms with Crippen molar-refractivity contribution in [3.05, 3.63) is 217 Å². The zero-order valence-electron chi connectivity index (χ0n) is 59.2. The number of halogens is 1. The summed E-state index contributed by atoms with van der Waals surface area (Å²) in [6.45, 7) is 19.5. The minimum absolute atomic E-state index is 0.337. The first-order valence-electron chi connectivity index (χ1n) is 34.3. The first-order chi connectivity index (χ1) is 49.4. The summed E-state index contributed by atoms with van der Waals surface area (Å²) in [6.07, 6.45) is 17.9. The number of aromatic nitrogens is 9. The van der Waals surface area contributed by atoms with Crippen LogP contribution in [0.5, 0.6) is 0 Å². The van der Waals surface area contributed by atoms with E-state index in [0.29, 0.717) is 0 Å². The number of hydrogen-bond acceptors (Lipinski definition) is 17. The second-order valence-electron chi connectivity index (χ2n) is 28.8. The van der Waals surface area contributed by atoms with E-state index in [2.05, 4.69) is 194 Å². The van der Waals surface area contributed by atoms with Gasteiger partial charge in [-0.15, -0.1) is 0 Å². The summed E-state index contributed by atoms with van der Waals surface area (Å²) >= 11 is 6.74. The van der Waals surface area contributed by atoms with Gasteiger partial charge in [0.1, 0.15) is 33.3 Å². The fourth-order valence-electron chi connectivity index (χ4n) is 13.1. The Kier molecular flexibility index (Phi) is 20.0. The molecule has 0 unspecified atom stereocenters. The van der Waals surface area contributed by atoms with Gasteiger partial charge in [0.15, 0.2) is 17.5 Å². The van der Waals surface area contributed by atoms with Crippen LogP contribution in [-0.4, -0.2) is 93.0 Å². The Hall–Kier alpha value is -10.2. The Morgan fingerprint density at radius 2 is 0.942 bits per heavy atom. The molecule has 11 aromatic rings. The molecule has 0 atom stereocenters. The number of hydrogen-bond donors (Lipinski definition) is 6. The van der Waals surface area contributed by atoms with Crippen LogP contribution in [0, 0.1) is 0 Å². The second kappa shape index (κ2) is 28.9. The molecule has 0 bridgehead atoms. The van der Waals surface area contributed by atoms with E-state index in [1.807, 2.05) is 163 Å². The van der Waals surface area contributed by atoms with Gasteiger partial charge in [0.05, 0.1) is 74.5 Å². The Bertz CT molecular complexity index is 4850. The molecule has 5 N–H and O–H groups in total. The first kappa shape index (κ1) is 71.2. The molecule has 3 fully saturated rings. The maximum atomic E-state index is 12.5. The summed E-state index contributed by atoms with van der Waals surface area (Å²) in [5.41, 5.74) is 11.9.